The first kappa shape index (κ1) is 7.33. The second-order valence-electron chi connectivity index (χ2n) is 2.76. The maximum absolute atomic E-state index is 3.97. The van der Waals surface area contributed by atoms with Crippen LogP contribution in [0, 0.1) is 13.8 Å². The van der Waals surface area contributed by atoms with Crippen molar-refractivity contribution in [2.45, 2.75) is 19.8 Å². The molecule has 1 atom stereocenters. The van der Waals surface area contributed by atoms with E-state index in [9.17, 15) is 0 Å². The van der Waals surface area contributed by atoms with E-state index in [1.807, 2.05) is 0 Å². The van der Waals surface area contributed by atoms with Crippen LogP contribution in [0.2, 0.25) is 0 Å². The van der Waals surface area contributed by atoms with Gasteiger partial charge in [0, 0.05) is 0 Å². The Labute approximate surface area is 62.9 Å². The van der Waals surface area contributed by atoms with Gasteiger partial charge >= 0.3 is 0 Å². The average molecular weight is 133 g/mol. The van der Waals surface area contributed by atoms with Crippen LogP contribution in [0.4, 0.5) is 0 Å². The summed E-state index contributed by atoms with van der Waals surface area (Å²) < 4.78 is 0. The van der Waals surface area contributed by atoms with Gasteiger partial charge in [-0.05, 0) is 6.92 Å². The topological polar surface area (TPSA) is 0 Å². The molecule has 1 aromatic rings. The zero-order valence-corrected chi connectivity index (χ0v) is 6.59. The molecule has 0 amide bonds. The minimum atomic E-state index is 0.404. The molecular weight excluding hydrogens is 120 g/mol. The van der Waals surface area contributed by atoms with E-state index in [0.717, 1.165) is 0 Å². The van der Waals surface area contributed by atoms with Gasteiger partial charge < -0.3 is 6.92 Å². The molecule has 54 valence electrons. The molecule has 1 aromatic carbocycles. The van der Waals surface area contributed by atoms with Crippen molar-refractivity contribution in [1.82, 2.24) is 0 Å². The monoisotopic (exact) mass is 133 g/mol. The Balaban J connectivity index is 3.03. The van der Waals surface area contributed by atoms with E-state index in [2.05, 4.69) is 45.0 Å². The normalized spacial score (nSPS) is 13.1. The van der Waals surface area contributed by atoms with E-state index in [4.69, 9.17) is 0 Å². The van der Waals surface area contributed by atoms with Gasteiger partial charge in [-0.25, -0.2) is 0 Å². The van der Waals surface area contributed by atoms with E-state index in [0.29, 0.717) is 5.92 Å². The van der Waals surface area contributed by atoms with Crippen LogP contribution >= 0.6 is 0 Å². The first-order chi connectivity index (χ1) is 4.72. The molecule has 0 spiro atoms. The van der Waals surface area contributed by atoms with Crippen LogP contribution in [-0.2, 0) is 0 Å². The van der Waals surface area contributed by atoms with Crippen molar-refractivity contribution in [2.24, 2.45) is 0 Å². The molecule has 1 rings (SSSR count). The standard InChI is InChI=1S/C10H13/c1-8(2)10-7-5-4-6-9(10)3/h4-8H,1H2,2-3H3/q-1. The fraction of sp³-hybridized carbons (Fsp3) is 0.300. The summed E-state index contributed by atoms with van der Waals surface area (Å²) in [4.78, 5) is 0. The van der Waals surface area contributed by atoms with Crippen LogP contribution in [0.25, 0.3) is 0 Å². The fourth-order valence-electron chi connectivity index (χ4n) is 1.14. The van der Waals surface area contributed by atoms with Crippen molar-refractivity contribution < 1.29 is 0 Å². The van der Waals surface area contributed by atoms with Crippen molar-refractivity contribution in [3.05, 3.63) is 42.3 Å². The molecule has 10 heavy (non-hydrogen) atoms. The average Bonchev–Trinajstić information content (AvgIpc) is 1.88. The molecule has 0 nitrogen and oxygen atoms in total. The Morgan fingerprint density at radius 2 is 1.90 bits per heavy atom. The minimum Gasteiger partial charge on any atom is -0.336 e. The largest absolute Gasteiger partial charge is 0.336 e. The predicted octanol–water partition coefficient (Wildman–Crippen LogP) is 2.93. The number of aryl methyl sites for hydroxylation is 1. The highest BCUT2D eigenvalue weighted by Crippen LogP contribution is 2.16. The molecule has 0 radical (unpaired) electrons. The first-order valence-corrected chi connectivity index (χ1v) is 3.60. The molecule has 0 heteroatoms. The quantitative estimate of drug-likeness (QED) is 0.517. The highest BCUT2D eigenvalue weighted by molar-refractivity contribution is 5.28. The zero-order valence-electron chi connectivity index (χ0n) is 6.59. The summed E-state index contributed by atoms with van der Waals surface area (Å²) in [7, 11) is 0. The molecular formula is C10H13-. The Bertz CT molecular complexity index is 211. The number of hydrogen-bond acceptors (Lipinski definition) is 0. The van der Waals surface area contributed by atoms with E-state index < -0.39 is 0 Å². The SMILES string of the molecule is [CH2-]C(C)c1ccccc1C. The lowest BCUT2D eigenvalue weighted by Crippen LogP contribution is -1.89. The summed E-state index contributed by atoms with van der Waals surface area (Å²) in [5, 5.41) is 0. The molecule has 0 heterocycles. The summed E-state index contributed by atoms with van der Waals surface area (Å²) in [5.74, 6) is 0.404. The van der Waals surface area contributed by atoms with Gasteiger partial charge in [-0.15, -0.1) is 5.92 Å². The molecule has 0 saturated heterocycles. The van der Waals surface area contributed by atoms with E-state index >= 15 is 0 Å². The predicted molar refractivity (Wildman–Crippen MR) is 45.0 cm³/mol. The van der Waals surface area contributed by atoms with Crippen LogP contribution in [-0.4, -0.2) is 0 Å². The lowest BCUT2D eigenvalue weighted by atomic mass is 9.99. The second kappa shape index (κ2) is 2.87. The lowest BCUT2D eigenvalue weighted by molar-refractivity contribution is 0.949. The molecule has 0 fully saturated rings. The van der Waals surface area contributed by atoms with Crippen LogP contribution in [0.1, 0.15) is 24.0 Å². The van der Waals surface area contributed by atoms with E-state index in [-0.39, 0.29) is 0 Å². The van der Waals surface area contributed by atoms with Crippen LogP contribution < -0.4 is 0 Å². The van der Waals surface area contributed by atoms with E-state index in [1.165, 1.54) is 11.1 Å². The molecule has 1 unspecified atom stereocenters. The van der Waals surface area contributed by atoms with Gasteiger partial charge in [0.25, 0.3) is 0 Å². The van der Waals surface area contributed by atoms with Crippen LogP contribution in [0.5, 0.6) is 0 Å². The van der Waals surface area contributed by atoms with Gasteiger partial charge in [-0.1, -0.05) is 42.3 Å². The Morgan fingerprint density at radius 1 is 1.30 bits per heavy atom. The number of hydrogen-bond donors (Lipinski definition) is 0. The van der Waals surface area contributed by atoms with Crippen molar-refractivity contribution in [3.63, 3.8) is 0 Å². The highest BCUT2D eigenvalue weighted by Gasteiger charge is 1.94. The molecule has 0 N–H and O–H groups in total. The smallest absolute Gasteiger partial charge is 0.0396 e. The van der Waals surface area contributed by atoms with Crippen molar-refractivity contribution >= 4 is 0 Å². The third-order valence-electron chi connectivity index (χ3n) is 1.72. The molecule has 0 aliphatic carbocycles. The van der Waals surface area contributed by atoms with Gasteiger partial charge in [0.1, 0.15) is 0 Å². The summed E-state index contributed by atoms with van der Waals surface area (Å²) in [6.45, 7) is 8.20. The molecule has 0 aromatic heterocycles. The lowest BCUT2D eigenvalue weighted by Gasteiger charge is -2.13. The summed E-state index contributed by atoms with van der Waals surface area (Å²) in [5.41, 5.74) is 2.69. The number of rotatable bonds is 1. The molecule has 0 aliphatic heterocycles. The minimum absolute atomic E-state index is 0.404. The fourth-order valence-corrected chi connectivity index (χ4v) is 1.14. The van der Waals surface area contributed by atoms with Gasteiger partial charge in [0.15, 0.2) is 0 Å². The van der Waals surface area contributed by atoms with Crippen molar-refractivity contribution in [1.29, 1.82) is 0 Å². The molecule has 0 aliphatic rings. The molecule has 0 bridgehead atoms. The first-order valence-electron chi connectivity index (χ1n) is 3.60. The van der Waals surface area contributed by atoms with Gasteiger partial charge in [0.05, 0.1) is 0 Å². The summed E-state index contributed by atoms with van der Waals surface area (Å²) in [6, 6.07) is 8.37. The highest BCUT2D eigenvalue weighted by atomic mass is 14.0. The van der Waals surface area contributed by atoms with Gasteiger partial charge in [-0.2, -0.15) is 0 Å². The second-order valence-corrected chi connectivity index (χ2v) is 2.76. The Morgan fingerprint density at radius 3 is 2.30 bits per heavy atom. The van der Waals surface area contributed by atoms with Crippen molar-refractivity contribution in [3.8, 4) is 0 Å². The van der Waals surface area contributed by atoms with Crippen LogP contribution in [0.15, 0.2) is 24.3 Å². The maximum atomic E-state index is 3.97. The molecule has 0 saturated carbocycles. The van der Waals surface area contributed by atoms with Crippen LogP contribution in [0.3, 0.4) is 0 Å². The zero-order chi connectivity index (χ0) is 7.56. The van der Waals surface area contributed by atoms with Gasteiger partial charge in [-0.3, -0.25) is 0 Å². The van der Waals surface area contributed by atoms with Gasteiger partial charge in [0.2, 0.25) is 0 Å². The number of benzene rings is 1. The summed E-state index contributed by atoms with van der Waals surface area (Å²) in [6.07, 6.45) is 0. The third-order valence-corrected chi connectivity index (χ3v) is 1.72. The maximum Gasteiger partial charge on any atom is -0.0396 e. The van der Waals surface area contributed by atoms with E-state index in [1.54, 1.807) is 0 Å². The third kappa shape index (κ3) is 1.38. The Hall–Kier alpha value is -0.780. The summed E-state index contributed by atoms with van der Waals surface area (Å²) >= 11 is 0. The Kier molecular flexibility index (Phi) is 2.10. The van der Waals surface area contributed by atoms with Crippen molar-refractivity contribution in [2.75, 3.05) is 0 Å².